The summed E-state index contributed by atoms with van der Waals surface area (Å²) >= 11 is 22.9. The van der Waals surface area contributed by atoms with Crippen LogP contribution in [0.25, 0.3) is 0 Å². The van der Waals surface area contributed by atoms with E-state index < -0.39 is 137 Å². The number of rotatable bonds is 20. The highest BCUT2D eigenvalue weighted by Gasteiger charge is 2.30. The zero-order valence-electron chi connectivity index (χ0n) is 49.3. The number of aryl methyl sites for hydroxylation is 4. The number of phosphoric ester groups is 4. The van der Waals surface area contributed by atoms with Gasteiger partial charge in [0, 0.05) is 12.1 Å². The third-order valence-electron chi connectivity index (χ3n) is 11.4. The SMILES string of the molecule is Cc1ccc(NC(=O)c2cc(Cl)n(C(C)OP(=O)(O)O)n2)c(F)c1.Cc1ccc(NC(=O)c2cc(Cl)n(COP(=O)(O)O)n2)c(F)c1.Cc1ccc(NC(=O)c2nn(C(C)OP(=O)(O)O)c(Cl)c2F)c(F)c1.Cc1ccc(NC(=O)c2nn(COP(=O)(O)O)c(Cl)c2F)c(F)c1. The van der Waals surface area contributed by atoms with Gasteiger partial charge in [-0.25, -0.2) is 63.3 Å². The third-order valence-corrected chi connectivity index (χ3v) is 14.8. The number of hydrogen-bond donors (Lipinski definition) is 12. The molecule has 2 unspecified atom stereocenters. The molecule has 0 aliphatic heterocycles. The molecule has 4 aromatic heterocycles. The molecule has 4 heterocycles. The predicted molar refractivity (Wildman–Crippen MR) is 327 cm³/mol. The molecule has 0 aliphatic carbocycles. The van der Waals surface area contributed by atoms with E-state index in [1.807, 2.05) is 0 Å². The summed E-state index contributed by atoms with van der Waals surface area (Å²) in [7, 11) is -19.2. The molecule has 0 spiro atoms. The Kier molecular flexibility index (Phi) is 27.6. The summed E-state index contributed by atoms with van der Waals surface area (Å²) in [6, 6.07) is 18.9. The fourth-order valence-corrected chi connectivity index (χ4v) is 9.53. The maximum atomic E-state index is 14.1. The lowest BCUT2D eigenvalue weighted by atomic mass is 10.2. The van der Waals surface area contributed by atoms with Crippen LogP contribution in [-0.2, 0) is 49.8 Å². The van der Waals surface area contributed by atoms with Crippen LogP contribution in [0.1, 0.15) is 90.5 Å². The van der Waals surface area contributed by atoms with Crippen molar-refractivity contribution in [2.45, 2.75) is 67.5 Å². The monoisotopic (exact) mass is 1520 g/mol. The summed E-state index contributed by atoms with van der Waals surface area (Å²) in [5.41, 5.74) is 0.293. The molecule has 0 saturated heterocycles. The normalized spacial score (nSPS) is 12.2. The van der Waals surface area contributed by atoms with Gasteiger partial charge in [-0.05, 0) is 112 Å². The molecule has 520 valence electrons. The molecule has 46 heteroatoms. The molecular weight excluding hydrogens is 1470 g/mol. The highest BCUT2D eigenvalue weighted by Crippen LogP contribution is 2.43. The molecule has 8 aromatic rings. The summed E-state index contributed by atoms with van der Waals surface area (Å²) < 4.78 is 146. The molecule has 0 fully saturated rings. The van der Waals surface area contributed by atoms with Gasteiger partial charge in [0.25, 0.3) is 23.6 Å². The minimum Gasteiger partial charge on any atom is -0.318 e. The number of carbonyl (C=O) groups excluding carboxylic acids is 4. The molecule has 2 atom stereocenters. The van der Waals surface area contributed by atoms with Gasteiger partial charge in [-0.2, -0.15) is 20.4 Å². The maximum Gasteiger partial charge on any atom is 0.471 e. The van der Waals surface area contributed by atoms with Gasteiger partial charge in [0.05, 0.1) is 22.7 Å². The van der Waals surface area contributed by atoms with Crippen molar-refractivity contribution in [2.24, 2.45) is 0 Å². The summed E-state index contributed by atoms with van der Waals surface area (Å²) in [6.45, 7) is 7.62. The van der Waals surface area contributed by atoms with E-state index in [0.717, 1.165) is 22.4 Å². The molecule has 0 aliphatic rings. The number of hydrogen-bond acceptors (Lipinski definition) is 16. The first kappa shape index (κ1) is 79.5. The average Bonchev–Trinajstić information content (AvgIpc) is 1.85. The summed E-state index contributed by atoms with van der Waals surface area (Å²) in [5, 5.41) is 21.9. The van der Waals surface area contributed by atoms with Gasteiger partial charge in [0.15, 0.2) is 70.6 Å². The van der Waals surface area contributed by atoms with Crippen molar-refractivity contribution in [2.75, 3.05) is 21.3 Å². The number of nitrogens with zero attached hydrogens (tertiary/aromatic N) is 8. The van der Waals surface area contributed by atoms with Crippen LogP contribution in [0.5, 0.6) is 0 Å². The van der Waals surface area contributed by atoms with E-state index in [0.29, 0.717) is 31.6 Å². The van der Waals surface area contributed by atoms with Crippen molar-refractivity contribution in [3.63, 3.8) is 0 Å². The van der Waals surface area contributed by atoms with E-state index in [9.17, 15) is 63.8 Å². The zero-order chi connectivity index (χ0) is 72.3. The fourth-order valence-electron chi connectivity index (χ4n) is 7.13. The first-order valence-corrected chi connectivity index (χ1v) is 33.4. The molecule has 0 bridgehead atoms. The molecule has 0 radical (unpaired) electrons. The lowest BCUT2D eigenvalue weighted by molar-refractivity contribution is 0.0860. The molecule has 4 amide bonds. The highest BCUT2D eigenvalue weighted by molar-refractivity contribution is 7.47. The Hall–Kier alpha value is -7.22. The van der Waals surface area contributed by atoms with Crippen LogP contribution in [-0.4, -0.2) is 102 Å². The van der Waals surface area contributed by atoms with Crippen LogP contribution in [0.2, 0.25) is 20.6 Å². The Morgan fingerprint density at radius 2 is 0.760 bits per heavy atom. The molecule has 12 N–H and O–H groups in total. The Morgan fingerprint density at radius 1 is 0.438 bits per heavy atom. The molecule has 96 heavy (non-hydrogen) atoms. The average molecular weight is 1520 g/mol. The first-order valence-electron chi connectivity index (χ1n) is 25.8. The van der Waals surface area contributed by atoms with Crippen molar-refractivity contribution in [3.05, 3.63) is 185 Å². The summed E-state index contributed by atoms with van der Waals surface area (Å²) in [6.07, 6.45) is -2.67. The van der Waals surface area contributed by atoms with Crippen LogP contribution in [0.15, 0.2) is 84.9 Å². The number of anilines is 4. The highest BCUT2D eigenvalue weighted by atomic mass is 35.5. The van der Waals surface area contributed by atoms with E-state index in [1.54, 1.807) is 39.8 Å². The largest absolute Gasteiger partial charge is 0.471 e. The van der Waals surface area contributed by atoms with Crippen LogP contribution in [0.3, 0.4) is 0 Å². The van der Waals surface area contributed by atoms with Crippen molar-refractivity contribution in [3.8, 4) is 0 Å². The van der Waals surface area contributed by atoms with Crippen molar-refractivity contribution in [1.29, 1.82) is 0 Å². The number of carbonyl (C=O) groups is 4. The van der Waals surface area contributed by atoms with E-state index in [-0.39, 0.29) is 44.4 Å². The lowest BCUT2D eigenvalue weighted by Crippen LogP contribution is -2.16. The number of benzene rings is 4. The standard InChI is InChI=1S/C13H13ClF2N3O5P.C13H14ClFN3O5P.C12H11ClF2N3O5P.C12H12ClFN3O5P/c1-6-3-4-9(8(15)5-6)17-13(20)11-10(16)12(14)19(18-11)7(2)24-25(21,22)23;1-7-3-4-10(9(15)5-7)16-13(19)11-6-12(14)18(17-11)8(2)23-24(20,21)22;1-6-2-3-8(7(14)4-6)16-12(19)10-9(15)11(13)18(17-10)5-23-24(20,21)22;1-7-2-3-9(8(14)4-7)15-12(18)10-5-11(13)17(16-10)6-22-23(19,20)21/h3-5,7H,1-2H3,(H,17,20)(H2,21,22,23);3-6,8H,1-2H3,(H,16,19)(H2,20,21,22);2-4H,5H2,1H3,(H,16,19)(H2,20,21,22);2-5H,6H2,1H3,(H,15,18)(H2,19,20,21). The third kappa shape index (κ3) is 24.1. The minimum absolute atomic E-state index is 0.0299. The maximum absolute atomic E-state index is 14.1. The van der Waals surface area contributed by atoms with Crippen LogP contribution < -0.4 is 21.3 Å². The van der Waals surface area contributed by atoms with Gasteiger partial charge >= 0.3 is 31.3 Å². The van der Waals surface area contributed by atoms with Gasteiger partial charge in [0.1, 0.15) is 33.6 Å². The zero-order valence-corrected chi connectivity index (χ0v) is 55.9. The van der Waals surface area contributed by atoms with E-state index in [4.69, 9.17) is 85.6 Å². The predicted octanol–water partition coefficient (Wildman–Crippen LogP) is 10.6. The first-order chi connectivity index (χ1) is 44.3. The fraction of sp³-hybridized carbons (Fsp3) is 0.200. The topological polar surface area (TPSA) is 455 Å². The lowest BCUT2D eigenvalue weighted by Gasteiger charge is -2.14. The second-order valence-electron chi connectivity index (χ2n) is 19.1. The smallest absolute Gasteiger partial charge is 0.318 e. The molecule has 32 nitrogen and oxygen atoms in total. The Morgan fingerprint density at radius 3 is 1.12 bits per heavy atom. The van der Waals surface area contributed by atoms with Crippen molar-refractivity contribution < 1.29 is 121 Å². The van der Waals surface area contributed by atoms with Gasteiger partial charge in [-0.3, -0.25) is 37.3 Å². The van der Waals surface area contributed by atoms with Gasteiger partial charge in [0.2, 0.25) is 0 Å². The molecule has 8 rings (SSSR count). The molecule has 4 aromatic carbocycles. The number of halogens is 10. The van der Waals surface area contributed by atoms with E-state index >= 15 is 0 Å². The van der Waals surface area contributed by atoms with Crippen LogP contribution >= 0.6 is 77.7 Å². The van der Waals surface area contributed by atoms with Crippen LogP contribution in [0.4, 0.5) is 49.1 Å². The number of amides is 4. The van der Waals surface area contributed by atoms with Crippen LogP contribution in [0, 0.1) is 62.6 Å². The van der Waals surface area contributed by atoms with E-state index in [1.165, 1.54) is 73.7 Å². The molecule has 0 saturated carbocycles. The Labute approximate surface area is 555 Å². The molecular formula is C50H50Cl4F6N12O20P4. The quantitative estimate of drug-likeness (QED) is 0.0249. The number of phosphoric acid groups is 4. The van der Waals surface area contributed by atoms with Crippen molar-refractivity contribution >= 4 is 124 Å². The van der Waals surface area contributed by atoms with Gasteiger partial charge in [-0.15, -0.1) is 0 Å². The Balaban J connectivity index is 0.000000232. The van der Waals surface area contributed by atoms with Gasteiger partial charge < -0.3 is 60.4 Å². The minimum atomic E-state index is -4.89. The van der Waals surface area contributed by atoms with Gasteiger partial charge in [-0.1, -0.05) is 70.7 Å². The Bertz CT molecular complexity index is 4420. The van der Waals surface area contributed by atoms with E-state index in [2.05, 4.69) is 59.8 Å². The second-order valence-corrected chi connectivity index (χ2v) is 25.5. The number of aromatic nitrogens is 8. The number of nitrogens with one attached hydrogen (secondary N) is 4. The summed E-state index contributed by atoms with van der Waals surface area (Å²) in [5.74, 6) is -8.79. The second kappa shape index (κ2) is 33.4. The van der Waals surface area contributed by atoms with Crippen molar-refractivity contribution in [1.82, 2.24) is 39.1 Å². The summed E-state index contributed by atoms with van der Waals surface area (Å²) in [4.78, 5) is 118.